The summed E-state index contributed by atoms with van der Waals surface area (Å²) in [6, 6.07) is 11.7. The van der Waals surface area contributed by atoms with E-state index in [4.69, 9.17) is 9.47 Å². The first-order chi connectivity index (χ1) is 14.1. The lowest BCUT2D eigenvalue weighted by atomic mass is 9.99. The Bertz CT molecular complexity index is 917. The summed E-state index contributed by atoms with van der Waals surface area (Å²) < 4.78 is 10.9. The molecule has 0 bridgehead atoms. The van der Waals surface area contributed by atoms with Gasteiger partial charge in [-0.25, -0.2) is 0 Å². The number of amides is 1. The number of guanidine groups is 1. The van der Waals surface area contributed by atoms with Crippen LogP contribution in [0.2, 0.25) is 0 Å². The Kier molecular flexibility index (Phi) is 8.76. The monoisotopic (exact) mass is 524 g/mol. The van der Waals surface area contributed by atoms with Crippen molar-refractivity contribution in [2.45, 2.75) is 19.5 Å². The van der Waals surface area contributed by atoms with Crippen LogP contribution in [0.4, 0.5) is 0 Å². The number of hydrogen-bond acceptors (Lipinski definition) is 4. The van der Waals surface area contributed by atoms with Crippen LogP contribution in [-0.4, -0.2) is 51.6 Å². The third kappa shape index (κ3) is 5.35. The lowest BCUT2D eigenvalue weighted by Crippen LogP contribution is -2.43. The summed E-state index contributed by atoms with van der Waals surface area (Å²) in [6.45, 7) is 2.20. The number of ether oxygens (including phenoxy) is 2. The third-order valence-electron chi connectivity index (χ3n) is 5.10. The molecule has 7 nitrogen and oxygen atoms in total. The minimum atomic E-state index is -0.0896. The van der Waals surface area contributed by atoms with Gasteiger partial charge >= 0.3 is 0 Å². The molecular weight excluding hydrogens is 495 g/mol. The summed E-state index contributed by atoms with van der Waals surface area (Å²) in [6.07, 6.45) is 0.905. The molecule has 162 valence electrons. The van der Waals surface area contributed by atoms with Gasteiger partial charge < -0.3 is 25.0 Å². The first-order valence-corrected chi connectivity index (χ1v) is 9.60. The molecule has 1 aliphatic rings. The average molecular weight is 524 g/mol. The Hall–Kier alpha value is -2.49. The average Bonchev–Trinajstić information content (AvgIpc) is 2.77. The molecule has 0 fully saturated rings. The molecule has 0 aliphatic carbocycles. The van der Waals surface area contributed by atoms with Crippen molar-refractivity contribution in [3.05, 3.63) is 58.7 Å². The number of fused-ring (bicyclic) bond motifs is 1. The molecule has 8 heteroatoms. The summed E-state index contributed by atoms with van der Waals surface area (Å²) in [5.74, 6) is 2.24. The molecule has 30 heavy (non-hydrogen) atoms. The standard InChI is InChI=1S/C22H28N4O3.HI/c1-23-21(27)17-7-5-6-15(10-17)13-25-22(24-2)26-9-8-16-11-19(28-3)20(29-4)12-18(16)14-26;/h5-7,10-12H,8-9,13-14H2,1-4H3,(H,23,27)(H,24,25);1H. The van der Waals surface area contributed by atoms with Crippen molar-refractivity contribution in [3.63, 3.8) is 0 Å². The van der Waals surface area contributed by atoms with Gasteiger partial charge in [0.1, 0.15) is 0 Å². The van der Waals surface area contributed by atoms with Crippen molar-refractivity contribution < 1.29 is 14.3 Å². The zero-order chi connectivity index (χ0) is 20.8. The van der Waals surface area contributed by atoms with Gasteiger partial charge in [-0.1, -0.05) is 12.1 Å². The predicted octanol–water partition coefficient (Wildman–Crippen LogP) is 2.82. The second-order valence-electron chi connectivity index (χ2n) is 6.83. The number of aliphatic imine (C=N–C) groups is 1. The first-order valence-electron chi connectivity index (χ1n) is 9.60. The van der Waals surface area contributed by atoms with Crippen molar-refractivity contribution in [3.8, 4) is 11.5 Å². The third-order valence-corrected chi connectivity index (χ3v) is 5.10. The lowest BCUT2D eigenvalue weighted by molar-refractivity contribution is 0.0963. The Morgan fingerprint density at radius 1 is 1.13 bits per heavy atom. The number of nitrogens with one attached hydrogen (secondary N) is 2. The van der Waals surface area contributed by atoms with Gasteiger partial charge in [0.2, 0.25) is 0 Å². The first kappa shape index (κ1) is 23.8. The second kappa shape index (κ2) is 11.1. The van der Waals surface area contributed by atoms with Crippen LogP contribution in [0.5, 0.6) is 11.5 Å². The fraction of sp³-hybridized carbons (Fsp3) is 0.364. The lowest BCUT2D eigenvalue weighted by Gasteiger charge is -2.32. The fourth-order valence-corrected chi connectivity index (χ4v) is 3.54. The number of hydrogen-bond donors (Lipinski definition) is 2. The summed E-state index contributed by atoms with van der Waals surface area (Å²) >= 11 is 0. The van der Waals surface area contributed by atoms with E-state index in [1.165, 1.54) is 11.1 Å². The number of carbonyl (C=O) groups is 1. The Labute approximate surface area is 194 Å². The van der Waals surface area contributed by atoms with Crippen LogP contribution >= 0.6 is 24.0 Å². The number of carbonyl (C=O) groups excluding carboxylic acids is 1. The van der Waals surface area contributed by atoms with E-state index in [0.717, 1.165) is 42.5 Å². The topological polar surface area (TPSA) is 75.2 Å². The summed E-state index contributed by atoms with van der Waals surface area (Å²) in [5, 5.41) is 6.06. The van der Waals surface area contributed by atoms with Crippen LogP contribution in [0.3, 0.4) is 0 Å². The van der Waals surface area contributed by atoms with Crippen LogP contribution in [0.25, 0.3) is 0 Å². The van der Waals surface area contributed by atoms with Gasteiger partial charge in [-0.3, -0.25) is 9.79 Å². The molecule has 2 aromatic carbocycles. The molecule has 0 saturated heterocycles. The minimum absolute atomic E-state index is 0. The van der Waals surface area contributed by atoms with Gasteiger partial charge in [0, 0.05) is 39.3 Å². The van der Waals surface area contributed by atoms with E-state index < -0.39 is 0 Å². The van der Waals surface area contributed by atoms with Gasteiger partial charge in [-0.2, -0.15) is 0 Å². The smallest absolute Gasteiger partial charge is 0.251 e. The maximum absolute atomic E-state index is 11.8. The van der Waals surface area contributed by atoms with Gasteiger partial charge in [-0.15, -0.1) is 24.0 Å². The van der Waals surface area contributed by atoms with Gasteiger partial charge in [0.25, 0.3) is 5.91 Å². The van der Waals surface area contributed by atoms with Gasteiger partial charge in [0.05, 0.1) is 14.2 Å². The number of nitrogens with zero attached hydrogens (tertiary/aromatic N) is 2. The molecule has 1 heterocycles. The van der Waals surface area contributed by atoms with Gasteiger partial charge in [0.15, 0.2) is 17.5 Å². The Morgan fingerprint density at radius 2 is 1.83 bits per heavy atom. The molecule has 0 unspecified atom stereocenters. The number of methoxy groups -OCH3 is 2. The molecule has 1 amide bonds. The Morgan fingerprint density at radius 3 is 2.47 bits per heavy atom. The highest BCUT2D eigenvalue weighted by atomic mass is 127. The van der Waals surface area contributed by atoms with E-state index in [2.05, 4.69) is 26.6 Å². The molecule has 0 radical (unpaired) electrons. The van der Waals surface area contributed by atoms with Crippen LogP contribution in [0.1, 0.15) is 27.0 Å². The Balaban J connectivity index is 0.00000320. The van der Waals surface area contributed by atoms with Crippen LogP contribution in [0, 0.1) is 0 Å². The van der Waals surface area contributed by atoms with Crippen molar-refractivity contribution in [2.24, 2.45) is 4.99 Å². The highest BCUT2D eigenvalue weighted by Gasteiger charge is 2.21. The quantitative estimate of drug-likeness (QED) is 0.358. The zero-order valence-electron chi connectivity index (χ0n) is 17.8. The van der Waals surface area contributed by atoms with E-state index in [1.54, 1.807) is 34.4 Å². The van der Waals surface area contributed by atoms with E-state index in [-0.39, 0.29) is 29.9 Å². The van der Waals surface area contributed by atoms with Crippen molar-refractivity contribution in [2.75, 3.05) is 34.9 Å². The molecule has 2 aromatic rings. The van der Waals surface area contributed by atoms with Crippen LogP contribution < -0.4 is 20.1 Å². The predicted molar refractivity (Wildman–Crippen MR) is 129 cm³/mol. The van der Waals surface area contributed by atoms with Crippen LogP contribution in [-0.2, 0) is 19.5 Å². The number of benzene rings is 2. The molecule has 3 rings (SSSR count). The molecule has 0 atom stereocenters. The van der Waals surface area contributed by atoms with E-state index >= 15 is 0 Å². The van der Waals surface area contributed by atoms with Crippen molar-refractivity contribution in [1.82, 2.24) is 15.5 Å². The van der Waals surface area contributed by atoms with E-state index in [9.17, 15) is 4.79 Å². The summed E-state index contributed by atoms with van der Waals surface area (Å²) in [4.78, 5) is 18.5. The SMILES string of the molecule is CN=C(NCc1cccc(C(=O)NC)c1)N1CCc2cc(OC)c(OC)cc2C1.I. The normalized spacial score (nSPS) is 13.1. The van der Waals surface area contributed by atoms with Gasteiger partial charge in [-0.05, 0) is 47.4 Å². The number of rotatable bonds is 5. The highest BCUT2D eigenvalue weighted by Crippen LogP contribution is 2.33. The fourth-order valence-electron chi connectivity index (χ4n) is 3.54. The largest absolute Gasteiger partial charge is 0.493 e. The molecule has 1 aliphatic heterocycles. The molecule has 0 aromatic heterocycles. The maximum Gasteiger partial charge on any atom is 0.251 e. The van der Waals surface area contributed by atoms with E-state index in [0.29, 0.717) is 12.1 Å². The second-order valence-corrected chi connectivity index (χ2v) is 6.83. The minimum Gasteiger partial charge on any atom is -0.493 e. The number of halogens is 1. The molecule has 0 spiro atoms. The maximum atomic E-state index is 11.8. The summed E-state index contributed by atoms with van der Waals surface area (Å²) in [5.41, 5.74) is 4.15. The summed E-state index contributed by atoms with van der Waals surface area (Å²) in [7, 11) is 6.73. The molecule has 2 N–H and O–H groups in total. The van der Waals surface area contributed by atoms with Crippen molar-refractivity contribution in [1.29, 1.82) is 0 Å². The molecular formula is C22H29IN4O3. The molecule has 0 saturated carbocycles. The highest BCUT2D eigenvalue weighted by molar-refractivity contribution is 14.0. The van der Waals surface area contributed by atoms with Crippen LogP contribution in [0.15, 0.2) is 41.4 Å². The van der Waals surface area contributed by atoms with Crippen molar-refractivity contribution >= 4 is 35.8 Å². The zero-order valence-corrected chi connectivity index (χ0v) is 20.2. The van der Waals surface area contributed by atoms with E-state index in [1.807, 2.05) is 24.3 Å².